The number of benzene rings is 1. The zero-order chi connectivity index (χ0) is 14.1. The van der Waals surface area contributed by atoms with Gasteiger partial charge in [0.05, 0.1) is 4.92 Å². The van der Waals surface area contributed by atoms with Crippen LogP contribution in [0.5, 0.6) is 0 Å². The number of thioether (sulfide) groups is 1. The van der Waals surface area contributed by atoms with E-state index in [1.807, 2.05) is 19.1 Å². The fourth-order valence-corrected chi connectivity index (χ4v) is 2.89. The van der Waals surface area contributed by atoms with E-state index in [1.54, 1.807) is 28.6 Å². The van der Waals surface area contributed by atoms with Crippen LogP contribution in [-0.2, 0) is 0 Å². The van der Waals surface area contributed by atoms with E-state index in [4.69, 9.17) is 0 Å². The van der Waals surface area contributed by atoms with Gasteiger partial charge in [0.1, 0.15) is 5.37 Å². The molecule has 0 bridgehead atoms. The normalized spacial score (nSPS) is 17.1. The maximum atomic E-state index is 10.8. The van der Waals surface area contributed by atoms with Crippen molar-refractivity contribution in [3.05, 3.63) is 46.5 Å². The van der Waals surface area contributed by atoms with E-state index in [-0.39, 0.29) is 11.1 Å². The molecule has 1 aliphatic rings. The highest BCUT2D eigenvalue weighted by atomic mass is 32.2. The molecule has 8 heteroatoms. The average Bonchev–Trinajstić information content (AvgIpc) is 2.99. The van der Waals surface area contributed by atoms with E-state index in [0.29, 0.717) is 11.4 Å². The van der Waals surface area contributed by atoms with Gasteiger partial charge in [0, 0.05) is 17.7 Å². The summed E-state index contributed by atoms with van der Waals surface area (Å²) < 4.78 is 1.76. The highest BCUT2D eigenvalue weighted by molar-refractivity contribution is 8.00. The molecule has 0 aliphatic carbocycles. The molecule has 3 rings (SSSR count). The molecule has 0 spiro atoms. The Kier molecular flexibility index (Phi) is 3.15. The van der Waals surface area contributed by atoms with Crippen LogP contribution in [-0.4, -0.2) is 25.2 Å². The number of hydrogen-bond donors (Lipinski definition) is 1. The minimum atomic E-state index is -0.421. The van der Waals surface area contributed by atoms with Gasteiger partial charge in [0.25, 0.3) is 5.69 Å². The number of rotatable bonds is 3. The highest BCUT2D eigenvalue weighted by Gasteiger charge is 2.25. The Labute approximate surface area is 118 Å². The molecule has 102 valence electrons. The number of non-ortho nitro benzene ring substituents is 1. The van der Waals surface area contributed by atoms with Crippen molar-refractivity contribution in [2.75, 3.05) is 5.43 Å². The zero-order valence-corrected chi connectivity index (χ0v) is 11.4. The largest absolute Gasteiger partial charge is 0.305 e. The number of nitro benzene ring substituents is 1. The number of hydrogen-bond acceptors (Lipinski definition) is 6. The third-order valence-corrected chi connectivity index (χ3v) is 3.80. The number of nitrogens with zero attached hydrogens (tertiary/aromatic N) is 4. The molecular weight excluding hydrogens is 278 g/mol. The van der Waals surface area contributed by atoms with Gasteiger partial charge in [-0.1, -0.05) is 36.0 Å². The molecule has 2 heterocycles. The van der Waals surface area contributed by atoms with Crippen LogP contribution in [0.25, 0.3) is 11.4 Å². The van der Waals surface area contributed by atoms with Crippen LogP contribution < -0.4 is 5.43 Å². The summed E-state index contributed by atoms with van der Waals surface area (Å²) in [7, 11) is 0. The molecule has 0 fully saturated rings. The molecular formula is C12H11N5O2S. The van der Waals surface area contributed by atoms with Crippen molar-refractivity contribution in [2.24, 2.45) is 0 Å². The van der Waals surface area contributed by atoms with Gasteiger partial charge >= 0.3 is 0 Å². The van der Waals surface area contributed by atoms with E-state index < -0.39 is 4.92 Å². The van der Waals surface area contributed by atoms with Gasteiger partial charge in [-0.15, -0.1) is 10.2 Å². The number of nitro groups is 1. The summed E-state index contributed by atoms with van der Waals surface area (Å²) in [6.07, 6.45) is 3.97. The number of aromatic nitrogens is 3. The summed E-state index contributed by atoms with van der Waals surface area (Å²) >= 11 is 1.54. The lowest BCUT2D eigenvalue weighted by Gasteiger charge is -2.07. The van der Waals surface area contributed by atoms with Crippen molar-refractivity contribution in [3.63, 3.8) is 0 Å². The van der Waals surface area contributed by atoms with Crippen LogP contribution in [0, 0.1) is 10.1 Å². The van der Waals surface area contributed by atoms with E-state index in [9.17, 15) is 10.1 Å². The summed E-state index contributed by atoms with van der Waals surface area (Å²) in [6.45, 7) is 1.95. The molecule has 1 N–H and O–H groups in total. The number of nitrogens with one attached hydrogen (secondary N) is 1. The van der Waals surface area contributed by atoms with Crippen molar-refractivity contribution in [2.45, 2.75) is 17.5 Å². The van der Waals surface area contributed by atoms with Gasteiger partial charge in [0.2, 0.25) is 5.16 Å². The summed E-state index contributed by atoms with van der Waals surface area (Å²) in [5.41, 5.74) is 3.93. The first-order valence-corrected chi connectivity index (χ1v) is 6.83. The van der Waals surface area contributed by atoms with Crippen molar-refractivity contribution in [3.8, 4) is 11.4 Å². The van der Waals surface area contributed by atoms with Crippen LogP contribution in [0.1, 0.15) is 6.92 Å². The van der Waals surface area contributed by atoms with Crippen molar-refractivity contribution in [1.29, 1.82) is 0 Å². The molecule has 2 aromatic rings. The summed E-state index contributed by atoms with van der Waals surface area (Å²) in [5, 5.41) is 19.8. The Hall–Kier alpha value is -2.35. The second-order valence-corrected chi connectivity index (χ2v) is 5.25. The highest BCUT2D eigenvalue weighted by Crippen LogP contribution is 2.32. The Bertz CT molecular complexity index is 697. The van der Waals surface area contributed by atoms with Crippen molar-refractivity contribution < 1.29 is 4.92 Å². The zero-order valence-electron chi connectivity index (χ0n) is 10.6. The van der Waals surface area contributed by atoms with E-state index >= 15 is 0 Å². The second kappa shape index (κ2) is 4.97. The lowest BCUT2D eigenvalue weighted by Crippen LogP contribution is -2.17. The lowest BCUT2D eigenvalue weighted by molar-refractivity contribution is -0.384. The van der Waals surface area contributed by atoms with Crippen molar-refractivity contribution in [1.82, 2.24) is 14.9 Å². The van der Waals surface area contributed by atoms with E-state index in [1.165, 1.54) is 12.1 Å². The molecule has 1 aromatic heterocycles. The van der Waals surface area contributed by atoms with Gasteiger partial charge in [-0.25, -0.2) is 4.68 Å². The standard InChI is InChI=1S/C12H11N5O2S/c1-2-4-10-15-16-11(13-14-12(16)20-10)8-5-3-6-9(7-8)17(18)19/h2-7,10,15H,1H3/b4-2+. The predicted octanol–water partition coefficient (Wildman–Crippen LogP) is 2.40. The van der Waals surface area contributed by atoms with Crippen LogP contribution in [0.3, 0.4) is 0 Å². The fourth-order valence-electron chi connectivity index (χ4n) is 1.93. The smallest absolute Gasteiger partial charge is 0.270 e. The first-order chi connectivity index (χ1) is 9.69. The third-order valence-electron chi connectivity index (χ3n) is 2.80. The van der Waals surface area contributed by atoms with Gasteiger partial charge in [0.15, 0.2) is 5.82 Å². The molecule has 1 aromatic carbocycles. The molecule has 1 unspecified atom stereocenters. The first-order valence-electron chi connectivity index (χ1n) is 5.95. The van der Waals surface area contributed by atoms with Crippen LogP contribution in [0.15, 0.2) is 41.6 Å². The predicted molar refractivity (Wildman–Crippen MR) is 75.9 cm³/mol. The van der Waals surface area contributed by atoms with Gasteiger partial charge < -0.3 is 5.43 Å². The van der Waals surface area contributed by atoms with Crippen LogP contribution in [0.4, 0.5) is 5.69 Å². The quantitative estimate of drug-likeness (QED) is 0.530. The maximum absolute atomic E-state index is 10.8. The minimum Gasteiger partial charge on any atom is -0.305 e. The Balaban J connectivity index is 1.98. The van der Waals surface area contributed by atoms with Gasteiger partial charge in [-0.05, 0) is 6.92 Å². The SMILES string of the molecule is C/C=C/C1Nn2c(nnc2-c2cccc([N+](=O)[O-])c2)S1. The molecule has 1 atom stereocenters. The molecule has 7 nitrogen and oxygen atoms in total. The first kappa shape index (κ1) is 12.7. The fraction of sp³-hybridized carbons (Fsp3) is 0.167. The summed E-state index contributed by atoms with van der Waals surface area (Å²) in [4.78, 5) is 10.4. The monoisotopic (exact) mass is 289 g/mol. The topological polar surface area (TPSA) is 85.9 Å². The minimum absolute atomic E-state index is 0.0375. The molecule has 1 aliphatic heterocycles. The molecule has 0 saturated carbocycles. The third kappa shape index (κ3) is 2.14. The van der Waals surface area contributed by atoms with Gasteiger partial charge in [-0.2, -0.15) is 0 Å². The summed E-state index contributed by atoms with van der Waals surface area (Å²) in [6, 6.07) is 6.36. The molecule has 20 heavy (non-hydrogen) atoms. The average molecular weight is 289 g/mol. The Morgan fingerprint density at radius 1 is 1.50 bits per heavy atom. The number of fused-ring (bicyclic) bond motifs is 1. The van der Waals surface area contributed by atoms with Crippen LogP contribution in [0.2, 0.25) is 0 Å². The Morgan fingerprint density at radius 2 is 2.35 bits per heavy atom. The maximum Gasteiger partial charge on any atom is 0.270 e. The van der Waals surface area contributed by atoms with Crippen molar-refractivity contribution >= 4 is 17.4 Å². The molecule has 0 amide bonds. The lowest BCUT2D eigenvalue weighted by atomic mass is 10.2. The van der Waals surface area contributed by atoms with Gasteiger partial charge in [-0.3, -0.25) is 10.1 Å². The number of allylic oxidation sites excluding steroid dienone is 1. The Morgan fingerprint density at radius 3 is 3.10 bits per heavy atom. The molecule has 0 radical (unpaired) electrons. The van der Waals surface area contributed by atoms with E-state index in [0.717, 1.165) is 5.16 Å². The molecule has 0 saturated heterocycles. The second-order valence-electron chi connectivity index (χ2n) is 4.14. The summed E-state index contributed by atoms with van der Waals surface area (Å²) in [5.74, 6) is 0.572. The van der Waals surface area contributed by atoms with Crippen LogP contribution >= 0.6 is 11.8 Å². The van der Waals surface area contributed by atoms with E-state index in [2.05, 4.69) is 15.6 Å².